The van der Waals surface area contributed by atoms with Crippen LogP contribution in [0.2, 0.25) is 0 Å². The van der Waals surface area contributed by atoms with Crippen molar-refractivity contribution in [2.24, 2.45) is 0 Å². The number of likely N-dealkylation sites (N-methyl/N-ethyl adjacent to an activating group) is 1. The van der Waals surface area contributed by atoms with Crippen molar-refractivity contribution in [1.29, 1.82) is 0 Å². The Bertz CT molecular complexity index is 875. The number of aromatic nitrogens is 1. The maximum Gasteiger partial charge on any atom is 0.131 e. The van der Waals surface area contributed by atoms with Gasteiger partial charge in [0.1, 0.15) is 17.6 Å². The molecule has 1 aromatic heterocycles. The van der Waals surface area contributed by atoms with Gasteiger partial charge in [-0.05, 0) is 63.8 Å². The molecule has 1 unspecified atom stereocenters. The Hall–Kier alpha value is -2.59. The minimum atomic E-state index is 0.0866. The largest absolute Gasteiger partial charge is 0.494 e. The van der Waals surface area contributed by atoms with Gasteiger partial charge in [0.2, 0.25) is 0 Å². The molecule has 0 bridgehead atoms. The van der Waals surface area contributed by atoms with Crippen LogP contribution in [0, 0.1) is 0 Å². The topological polar surface area (TPSA) is 34.6 Å². The van der Waals surface area contributed by atoms with Gasteiger partial charge < -0.3 is 14.4 Å². The van der Waals surface area contributed by atoms with Crippen molar-refractivity contribution in [2.75, 3.05) is 27.2 Å². The van der Waals surface area contributed by atoms with Gasteiger partial charge in [-0.1, -0.05) is 19.1 Å². The molecule has 0 amide bonds. The molecule has 0 fully saturated rings. The van der Waals surface area contributed by atoms with Gasteiger partial charge in [-0.25, -0.2) is 4.98 Å². The zero-order valence-electron chi connectivity index (χ0n) is 16.6. The van der Waals surface area contributed by atoms with E-state index in [-0.39, 0.29) is 6.10 Å². The maximum atomic E-state index is 6.27. The summed E-state index contributed by atoms with van der Waals surface area (Å²) in [6.45, 7) is 5.78. The summed E-state index contributed by atoms with van der Waals surface area (Å²) in [7, 11) is 4.11. The molecule has 3 rings (SSSR count). The van der Waals surface area contributed by atoms with E-state index in [0.29, 0.717) is 0 Å². The number of benzene rings is 2. The first-order chi connectivity index (χ1) is 13.1. The van der Waals surface area contributed by atoms with E-state index in [0.717, 1.165) is 53.2 Å². The Morgan fingerprint density at radius 2 is 1.78 bits per heavy atom. The molecule has 0 saturated heterocycles. The van der Waals surface area contributed by atoms with Crippen molar-refractivity contribution in [3.05, 3.63) is 54.6 Å². The van der Waals surface area contributed by atoms with Gasteiger partial charge in [0.15, 0.2) is 0 Å². The Labute approximate surface area is 161 Å². The molecule has 1 atom stereocenters. The van der Waals surface area contributed by atoms with Crippen LogP contribution in [0.5, 0.6) is 11.5 Å². The van der Waals surface area contributed by atoms with Gasteiger partial charge in [-0.3, -0.25) is 0 Å². The molecule has 0 aliphatic carbocycles. The number of fused-ring (bicyclic) bond motifs is 1. The zero-order valence-corrected chi connectivity index (χ0v) is 16.6. The zero-order chi connectivity index (χ0) is 19.2. The van der Waals surface area contributed by atoms with Crippen LogP contribution in [-0.4, -0.2) is 43.2 Å². The molecule has 27 heavy (non-hydrogen) atoms. The van der Waals surface area contributed by atoms with Crippen molar-refractivity contribution in [2.45, 2.75) is 26.4 Å². The highest BCUT2D eigenvalue weighted by atomic mass is 16.5. The van der Waals surface area contributed by atoms with Crippen molar-refractivity contribution in [3.8, 4) is 22.8 Å². The van der Waals surface area contributed by atoms with E-state index in [1.165, 1.54) is 0 Å². The van der Waals surface area contributed by atoms with E-state index >= 15 is 0 Å². The smallest absolute Gasteiger partial charge is 0.131 e. The molecule has 4 heteroatoms. The number of para-hydroxylation sites is 1. The molecule has 0 N–H and O–H groups in total. The number of hydrogen-bond acceptors (Lipinski definition) is 4. The second kappa shape index (κ2) is 8.87. The summed E-state index contributed by atoms with van der Waals surface area (Å²) in [4.78, 5) is 6.96. The minimum Gasteiger partial charge on any atom is -0.494 e. The van der Waals surface area contributed by atoms with Crippen LogP contribution in [0.3, 0.4) is 0 Å². The number of pyridine rings is 1. The van der Waals surface area contributed by atoms with E-state index in [9.17, 15) is 0 Å². The quantitative estimate of drug-likeness (QED) is 0.562. The second-order valence-corrected chi connectivity index (χ2v) is 7.09. The SMILES string of the molecule is CCCOc1ccc(-c2cc(OC(C)CN(C)C)c3ccccc3n2)cc1. The fourth-order valence-electron chi connectivity index (χ4n) is 3.10. The van der Waals surface area contributed by atoms with Crippen molar-refractivity contribution >= 4 is 10.9 Å². The molecule has 0 radical (unpaired) electrons. The van der Waals surface area contributed by atoms with Gasteiger partial charge in [-0.15, -0.1) is 0 Å². The first-order valence-electron chi connectivity index (χ1n) is 9.51. The van der Waals surface area contributed by atoms with Gasteiger partial charge in [0.05, 0.1) is 17.8 Å². The molecule has 0 spiro atoms. The minimum absolute atomic E-state index is 0.0866. The summed E-state index contributed by atoms with van der Waals surface area (Å²) in [5.41, 5.74) is 2.89. The Morgan fingerprint density at radius 1 is 1.04 bits per heavy atom. The number of nitrogens with zero attached hydrogens (tertiary/aromatic N) is 2. The number of ether oxygens (including phenoxy) is 2. The molecule has 0 saturated carbocycles. The van der Waals surface area contributed by atoms with Crippen LogP contribution in [-0.2, 0) is 0 Å². The van der Waals surface area contributed by atoms with E-state index in [2.05, 4.69) is 51.0 Å². The van der Waals surface area contributed by atoms with Crippen molar-refractivity contribution in [1.82, 2.24) is 9.88 Å². The van der Waals surface area contributed by atoms with Gasteiger partial charge in [0.25, 0.3) is 0 Å². The lowest BCUT2D eigenvalue weighted by atomic mass is 10.1. The summed E-state index contributed by atoms with van der Waals surface area (Å²) >= 11 is 0. The fraction of sp³-hybridized carbons (Fsp3) is 0.348. The normalized spacial score (nSPS) is 12.3. The number of rotatable bonds is 8. The van der Waals surface area contributed by atoms with Gasteiger partial charge >= 0.3 is 0 Å². The summed E-state index contributed by atoms with van der Waals surface area (Å²) < 4.78 is 12.0. The number of hydrogen-bond donors (Lipinski definition) is 0. The molecule has 4 nitrogen and oxygen atoms in total. The van der Waals surface area contributed by atoms with Crippen LogP contribution < -0.4 is 9.47 Å². The van der Waals surface area contributed by atoms with E-state index in [4.69, 9.17) is 14.5 Å². The van der Waals surface area contributed by atoms with E-state index in [1.54, 1.807) is 0 Å². The fourth-order valence-corrected chi connectivity index (χ4v) is 3.10. The van der Waals surface area contributed by atoms with Crippen LogP contribution in [0.1, 0.15) is 20.3 Å². The highest BCUT2D eigenvalue weighted by molar-refractivity contribution is 5.88. The van der Waals surface area contributed by atoms with Crippen molar-refractivity contribution < 1.29 is 9.47 Å². The summed E-state index contributed by atoms with van der Waals surface area (Å²) in [5, 5.41) is 1.04. The Kier molecular flexibility index (Phi) is 6.30. The monoisotopic (exact) mass is 364 g/mol. The third kappa shape index (κ3) is 4.98. The van der Waals surface area contributed by atoms with E-state index < -0.39 is 0 Å². The third-order valence-electron chi connectivity index (χ3n) is 4.25. The molecular weight excluding hydrogens is 336 g/mol. The lowest BCUT2D eigenvalue weighted by molar-refractivity contribution is 0.179. The average molecular weight is 364 g/mol. The predicted octanol–water partition coefficient (Wildman–Crippen LogP) is 5.02. The Morgan fingerprint density at radius 3 is 2.48 bits per heavy atom. The van der Waals surface area contributed by atoms with Gasteiger partial charge in [0, 0.05) is 23.6 Å². The lowest BCUT2D eigenvalue weighted by Crippen LogP contribution is -2.28. The first kappa shape index (κ1) is 19.2. The maximum absolute atomic E-state index is 6.27. The summed E-state index contributed by atoms with van der Waals surface area (Å²) in [6.07, 6.45) is 1.09. The van der Waals surface area contributed by atoms with Crippen LogP contribution in [0.4, 0.5) is 0 Å². The predicted molar refractivity (Wildman–Crippen MR) is 112 cm³/mol. The molecule has 0 aliphatic rings. The standard InChI is InChI=1S/C23H28N2O2/c1-5-14-26-19-12-10-18(11-13-19)22-15-23(27-17(2)16-25(3)4)20-8-6-7-9-21(20)24-22/h6-13,15,17H,5,14,16H2,1-4H3. The molecule has 0 aliphatic heterocycles. The highest BCUT2D eigenvalue weighted by Crippen LogP contribution is 2.31. The summed E-state index contributed by atoms with van der Waals surface area (Å²) in [5.74, 6) is 1.76. The lowest BCUT2D eigenvalue weighted by Gasteiger charge is -2.20. The third-order valence-corrected chi connectivity index (χ3v) is 4.25. The molecule has 1 heterocycles. The average Bonchev–Trinajstić information content (AvgIpc) is 2.66. The van der Waals surface area contributed by atoms with Gasteiger partial charge in [-0.2, -0.15) is 0 Å². The molecule has 3 aromatic rings. The van der Waals surface area contributed by atoms with Crippen molar-refractivity contribution in [3.63, 3.8) is 0 Å². The molecule has 142 valence electrons. The Balaban J connectivity index is 1.94. The second-order valence-electron chi connectivity index (χ2n) is 7.09. The van der Waals surface area contributed by atoms with Crippen LogP contribution >= 0.6 is 0 Å². The first-order valence-corrected chi connectivity index (χ1v) is 9.51. The molecule has 2 aromatic carbocycles. The molecular formula is C23H28N2O2. The highest BCUT2D eigenvalue weighted by Gasteiger charge is 2.12. The van der Waals surface area contributed by atoms with Crippen LogP contribution in [0.25, 0.3) is 22.2 Å². The summed E-state index contributed by atoms with van der Waals surface area (Å²) in [6, 6.07) is 18.3. The van der Waals surface area contributed by atoms with E-state index in [1.807, 2.05) is 36.4 Å². The van der Waals surface area contributed by atoms with Crippen LogP contribution in [0.15, 0.2) is 54.6 Å².